The van der Waals surface area contributed by atoms with E-state index in [-0.39, 0.29) is 11.4 Å². The van der Waals surface area contributed by atoms with Crippen LogP contribution in [0.4, 0.5) is 0 Å². The summed E-state index contributed by atoms with van der Waals surface area (Å²) in [5.74, 6) is 0.0125. The molecule has 0 unspecified atom stereocenters. The summed E-state index contributed by atoms with van der Waals surface area (Å²) in [4.78, 5) is 12.9. The molecule has 0 aliphatic heterocycles. The molecule has 12 heavy (non-hydrogen) atoms. The molecule has 3 N–H and O–H groups in total. The first-order chi connectivity index (χ1) is 5.31. The van der Waals surface area contributed by atoms with Crippen LogP contribution in [0.2, 0.25) is 0 Å². The number of carbonyl (C=O) groups is 1. The number of nitrogens with two attached hydrogens (primary N) is 1. The van der Waals surface area contributed by atoms with Gasteiger partial charge in [-0.25, -0.2) is 0 Å². The first-order valence-corrected chi connectivity index (χ1v) is 4.01. The molecule has 0 aromatic heterocycles. The van der Waals surface area contributed by atoms with E-state index in [4.69, 9.17) is 5.73 Å². The van der Waals surface area contributed by atoms with E-state index in [0.717, 1.165) is 0 Å². The lowest BCUT2D eigenvalue weighted by atomic mass is 10.1. The average molecular weight is 173 g/mol. The summed E-state index contributed by atoms with van der Waals surface area (Å²) >= 11 is 0. The van der Waals surface area contributed by atoms with Crippen molar-refractivity contribution in [2.75, 3.05) is 27.2 Å². The van der Waals surface area contributed by atoms with Crippen LogP contribution in [-0.4, -0.2) is 43.5 Å². The summed E-state index contributed by atoms with van der Waals surface area (Å²) in [5, 5.41) is 2.75. The number of hydrogen-bond donors (Lipinski definition) is 2. The van der Waals surface area contributed by atoms with Crippen molar-refractivity contribution in [2.45, 2.75) is 19.4 Å². The van der Waals surface area contributed by atoms with Crippen molar-refractivity contribution in [3.63, 3.8) is 0 Å². The van der Waals surface area contributed by atoms with Gasteiger partial charge in [-0.1, -0.05) is 0 Å². The highest BCUT2D eigenvalue weighted by atomic mass is 16.2. The second-order valence-corrected chi connectivity index (χ2v) is 4.00. The lowest BCUT2D eigenvalue weighted by molar-refractivity contribution is -0.121. The molecule has 0 aliphatic carbocycles. The van der Waals surface area contributed by atoms with Gasteiger partial charge >= 0.3 is 0 Å². The van der Waals surface area contributed by atoms with E-state index in [9.17, 15) is 4.79 Å². The Kier molecular flexibility index (Phi) is 4.20. The van der Waals surface area contributed by atoms with E-state index in [1.165, 1.54) is 0 Å². The third kappa shape index (κ3) is 7.50. The first-order valence-electron chi connectivity index (χ1n) is 4.01. The van der Waals surface area contributed by atoms with Gasteiger partial charge in [0.2, 0.25) is 5.91 Å². The number of nitrogens with zero attached hydrogens (tertiary/aromatic N) is 1. The topological polar surface area (TPSA) is 58.4 Å². The van der Waals surface area contributed by atoms with Crippen LogP contribution in [0, 0.1) is 0 Å². The predicted octanol–water partition coefficient (Wildman–Crippen LogP) is -0.598. The number of nitrogens with one attached hydrogen (secondary N) is 1. The highest BCUT2D eigenvalue weighted by molar-refractivity contribution is 5.77. The summed E-state index contributed by atoms with van der Waals surface area (Å²) < 4.78 is 0. The highest BCUT2D eigenvalue weighted by Gasteiger charge is 2.11. The molecule has 0 spiro atoms. The summed E-state index contributed by atoms with van der Waals surface area (Å²) in [6.45, 7) is 4.68. The van der Waals surface area contributed by atoms with Gasteiger partial charge in [0.1, 0.15) is 0 Å². The Bertz CT molecular complexity index is 149. The Morgan fingerprint density at radius 2 is 2.00 bits per heavy atom. The third-order valence-corrected chi connectivity index (χ3v) is 1.20. The number of carbonyl (C=O) groups excluding carboxylic acids is 1. The summed E-state index contributed by atoms with van der Waals surface area (Å²) in [7, 11) is 3.71. The Morgan fingerprint density at radius 3 is 2.33 bits per heavy atom. The molecule has 0 saturated heterocycles. The van der Waals surface area contributed by atoms with Gasteiger partial charge in [0.15, 0.2) is 0 Å². The molecule has 0 aromatic carbocycles. The normalized spacial score (nSPS) is 11.8. The van der Waals surface area contributed by atoms with E-state index in [2.05, 4.69) is 5.32 Å². The van der Waals surface area contributed by atoms with Crippen LogP contribution in [0.1, 0.15) is 13.8 Å². The van der Waals surface area contributed by atoms with Gasteiger partial charge in [-0.2, -0.15) is 0 Å². The number of rotatable bonds is 4. The molecule has 4 nitrogen and oxygen atoms in total. The molecular formula is C8H19N3O. The Labute approximate surface area is 74.1 Å². The lowest BCUT2D eigenvalue weighted by Crippen LogP contribution is -2.46. The zero-order valence-corrected chi connectivity index (χ0v) is 8.35. The predicted molar refractivity (Wildman–Crippen MR) is 49.8 cm³/mol. The maximum absolute atomic E-state index is 11.1. The molecule has 0 radical (unpaired) electrons. The molecule has 1 amide bonds. The van der Waals surface area contributed by atoms with E-state index in [1.807, 2.05) is 32.8 Å². The van der Waals surface area contributed by atoms with Gasteiger partial charge in [0.05, 0.1) is 6.54 Å². The van der Waals surface area contributed by atoms with Crippen molar-refractivity contribution >= 4 is 5.91 Å². The summed E-state index contributed by atoms with van der Waals surface area (Å²) in [6.07, 6.45) is 0. The third-order valence-electron chi connectivity index (χ3n) is 1.20. The minimum atomic E-state index is -0.331. The van der Waals surface area contributed by atoms with Crippen LogP contribution in [0.3, 0.4) is 0 Å². The quantitative estimate of drug-likeness (QED) is 0.597. The summed E-state index contributed by atoms with van der Waals surface area (Å²) in [5.41, 5.74) is 5.35. The first kappa shape index (κ1) is 11.4. The Balaban J connectivity index is 3.58. The zero-order valence-electron chi connectivity index (χ0n) is 8.35. The van der Waals surface area contributed by atoms with E-state index < -0.39 is 0 Å². The molecular weight excluding hydrogens is 154 g/mol. The molecule has 0 rings (SSSR count). The van der Waals surface area contributed by atoms with Crippen molar-refractivity contribution in [1.29, 1.82) is 0 Å². The van der Waals surface area contributed by atoms with Crippen molar-refractivity contribution < 1.29 is 4.79 Å². The van der Waals surface area contributed by atoms with Gasteiger partial charge in [-0.3, -0.25) is 4.79 Å². The van der Waals surface area contributed by atoms with Crippen LogP contribution in [0.15, 0.2) is 0 Å². The Morgan fingerprint density at radius 1 is 1.50 bits per heavy atom. The smallest absolute Gasteiger partial charge is 0.234 e. The van der Waals surface area contributed by atoms with Crippen LogP contribution < -0.4 is 11.1 Å². The van der Waals surface area contributed by atoms with Crippen molar-refractivity contribution in [3.8, 4) is 0 Å². The zero-order chi connectivity index (χ0) is 9.78. The van der Waals surface area contributed by atoms with Gasteiger partial charge < -0.3 is 16.0 Å². The highest BCUT2D eigenvalue weighted by Crippen LogP contribution is 1.92. The van der Waals surface area contributed by atoms with Gasteiger partial charge in [-0.15, -0.1) is 0 Å². The maximum atomic E-state index is 11.1. The van der Waals surface area contributed by atoms with Gasteiger partial charge in [0.25, 0.3) is 0 Å². The fraction of sp³-hybridized carbons (Fsp3) is 0.875. The second-order valence-electron chi connectivity index (χ2n) is 4.00. The Hall–Kier alpha value is -0.610. The van der Waals surface area contributed by atoms with Crippen molar-refractivity contribution in [3.05, 3.63) is 0 Å². The average Bonchev–Trinajstić information content (AvgIpc) is 1.80. The van der Waals surface area contributed by atoms with Crippen LogP contribution >= 0.6 is 0 Å². The fourth-order valence-electron chi connectivity index (χ4n) is 0.670. The molecule has 0 aliphatic rings. The van der Waals surface area contributed by atoms with Crippen LogP contribution in [0.25, 0.3) is 0 Å². The molecule has 4 heteroatoms. The monoisotopic (exact) mass is 173 g/mol. The molecule has 0 saturated carbocycles. The standard InChI is InChI=1S/C8H19N3O/c1-8(2,9)6-10-7(12)5-11(3)4/h5-6,9H2,1-4H3,(H,10,12). The number of amides is 1. The SMILES string of the molecule is CN(C)CC(=O)NCC(C)(C)N. The minimum absolute atomic E-state index is 0.0125. The molecule has 0 fully saturated rings. The van der Waals surface area contributed by atoms with Crippen LogP contribution in [-0.2, 0) is 4.79 Å². The second kappa shape index (κ2) is 4.42. The minimum Gasteiger partial charge on any atom is -0.353 e. The van der Waals surface area contributed by atoms with E-state index >= 15 is 0 Å². The van der Waals surface area contributed by atoms with Crippen molar-refractivity contribution in [2.24, 2.45) is 5.73 Å². The van der Waals surface area contributed by atoms with Crippen molar-refractivity contribution in [1.82, 2.24) is 10.2 Å². The van der Waals surface area contributed by atoms with Gasteiger partial charge in [-0.05, 0) is 27.9 Å². The van der Waals surface area contributed by atoms with Crippen LogP contribution in [0.5, 0.6) is 0 Å². The number of likely N-dealkylation sites (N-methyl/N-ethyl adjacent to an activating group) is 1. The lowest BCUT2D eigenvalue weighted by Gasteiger charge is -2.19. The molecule has 0 bridgehead atoms. The van der Waals surface area contributed by atoms with E-state index in [1.54, 1.807) is 0 Å². The maximum Gasteiger partial charge on any atom is 0.234 e. The fourth-order valence-corrected chi connectivity index (χ4v) is 0.670. The molecule has 0 aromatic rings. The molecule has 0 atom stereocenters. The molecule has 0 heterocycles. The number of hydrogen-bond acceptors (Lipinski definition) is 3. The largest absolute Gasteiger partial charge is 0.353 e. The summed E-state index contributed by atoms with van der Waals surface area (Å²) in [6, 6.07) is 0. The molecule has 72 valence electrons. The van der Waals surface area contributed by atoms with E-state index in [0.29, 0.717) is 13.1 Å². The van der Waals surface area contributed by atoms with Gasteiger partial charge in [0, 0.05) is 12.1 Å².